The zero-order valence-electron chi connectivity index (χ0n) is 18.2. The van der Waals surface area contributed by atoms with Gasteiger partial charge in [-0.1, -0.05) is 6.58 Å². The molecule has 8 nitrogen and oxygen atoms in total. The standard InChI is InChI=1S/C20H29BN2O6/c1-9-23(18(25)27-19(4,5)6)17-10-15(11-22-16(17)12-26-14(3)24)21-28-13(2)20(7,8)29-21/h10-11H,2,9,12H2,1,3-8H3. The van der Waals surface area contributed by atoms with E-state index in [-0.39, 0.29) is 6.61 Å². The summed E-state index contributed by atoms with van der Waals surface area (Å²) in [7, 11) is -0.705. The Balaban J connectivity index is 2.42. The molecule has 2 heterocycles. The Labute approximate surface area is 172 Å². The third-order valence-electron chi connectivity index (χ3n) is 4.20. The maximum atomic E-state index is 12.8. The monoisotopic (exact) mass is 404 g/mol. The van der Waals surface area contributed by atoms with E-state index < -0.39 is 30.4 Å². The van der Waals surface area contributed by atoms with Crippen molar-refractivity contribution in [1.82, 2.24) is 4.98 Å². The number of carbonyl (C=O) groups is 2. The smallest absolute Gasteiger partial charge is 0.534 e. The van der Waals surface area contributed by atoms with Crippen molar-refractivity contribution in [2.45, 2.75) is 66.3 Å². The second kappa shape index (κ2) is 8.45. The lowest BCUT2D eigenvalue weighted by atomic mass is 9.80. The summed E-state index contributed by atoms with van der Waals surface area (Å²) in [5, 5.41) is 0. The van der Waals surface area contributed by atoms with Gasteiger partial charge in [0.05, 0.1) is 11.4 Å². The molecule has 0 aromatic carbocycles. The van der Waals surface area contributed by atoms with E-state index in [0.29, 0.717) is 29.1 Å². The Hall–Kier alpha value is -2.55. The molecule has 1 aromatic rings. The van der Waals surface area contributed by atoms with E-state index in [0.717, 1.165) is 0 Å². The van der Waals surface area contributed by atoms with Gasteiger partial charge in [0.1, 0.15) is 23.5 Å². The summed E-state index contributed by atoms with van der Waals surface area (Å²) in [6.45, 7) is 16.4. The third-order valence-corrected chi connectivity index (χ3v) is 4.20. The second-order valence-electron chi connectivity index (χ2n) is 8.24. The topological polar surface area (TPSA) is 87.2 Å². The van der Waals surface area contributed by atoms with Crippen molar-refractivity contribution in [3.05, 3.63) is 30.3 Å². The average molecular weight is 404 g/mol. The summed E-state index contributed by atoms with van der Waals surface area (Å²) in [6, 6.07) is 1.73. The molecule has 0 atom stereocenters. The molecule has 0 N–H and O–H groups in total. The number of carbonyl (C=O) groups excluding carboxylic acids is 2. The van der Waals surface area contributed by atoms with Crippen LogP contribution in [0.4, 0.5) is 10.5 Å². The van der Waals surface area contributed by atoms with E-state index in [9.17, 15) is 9.59 Å². The fraction of sp³-hybridized carbons (Fsp3) is 0.550. The summed E-state index contributed by atoms with van der Waals surface area (Å²) in [6.07, 6.45) is 1.05. The first-order valence-corrected chi connectivity index (χ1v) is 9.50. The lowest BCUT2D eigenvalue weighted by molar-refractivity contribution is -0.142. The fourth-order valence-electron chi connectivity index (χ4n) is 2.62. The largest absolute Gasteiger partial charge is 0.565 e. The summed E-state index contributed by atoms with van der Waals surface area (Å²) in [4.78, 5) is 29.9. The first-order valence-electron chi connectivity index (χ1n) is 9.50. The van der Waals surface area contributed by atoms with Crippen LogP contribution in [0.2, 0.25) is 0 Å². The molecule has 1 aromatic heterocycles. The second-order valence-corrected chi connectivity index (χ2v) is 8.24. The van der Waals surface area contributed by atoms with Gasteiger partial charge in [0, 0.05) is 25.1 Å². The maximum absolute atomic E-state index is 12.8. The third kappa shape index (κ3) is 5.73. The van der Waals surface area contributed by atoms with Crippen LogP contribution in [-0.2, 0) is 30.2 Å². The first-order chi connectivity index (χ1) is 13.3. The number of esters is 1. The van der Waals surface area contributed by atoms with Crippen LogP contribution in [0.1, 0.15) is 54.2 Å². The van der Waals surface area contributed by atoms with E-state index in [1.165, 1.54) is 11.8 Å². The highest BCUT2D eigenvalue weighted by atomic mass is 16.7. The molecule has 0 bridgehead atoms. The lowest BCUT2D eigenvalue weighted by Gasteiger charge is -2.28. The molecule has 1 amide bonds. The minimum absolute atomic E-state index is 0.0746. The zero-order chi connectivity index (χ0) is 22.0. The van der Waals surface area contributed by atoms with E-state index in [1.807, 2.05) is 20.8 Å². The molecule has 0 aliphatic carbocycles. The molecule has 1 saturated heterocycles. The molecule has 0 radical (unpaired) electrons. The van der Waals surface area contributed by atoms with E-state index in [4.69, 9.17) is 18.8 Å². The summed E-state index contributed by atoms with van der Waals surface area (Å²) < 4.78 is 22.3. The number of hydrogen-bond acceptors (Lipinski definition) is 7. The quantitative estimate of drug-likeness (QED) is 0.551. The summed E-state index contributed by atoms with van der Waals surface area (Å²) in [5.41, 5.74) is 0.193. The maximum Gasteiger partial charge on any atom is 0.565 e. The number of aromatic nitrogens is 1. The Kier molecular flexibility index (Phi) is 6.62. The van der Waals surface area contributed by atoms with Crippen LogP contribution < -0.4 is 10.4 Å². The molecule has 0 saturated carbocycles. The molecule has 1 fully saturated rings. The van der Waals surface area contributed by atoms with Crippen molar-refractivity contribution in [3.8, 4) is 0 Å². The van der Waals surface area contributed by atoms with Crippen LogP contribution in [0.25, 0.3) is 0 Å². The van der Waals surface area contributed by atoms with Crippen LogP contribution in [0.5, 0.6) is 0 Å². The van der Waals surface area contributed by atoms with Gasteiger partial charge in [-0.3, -0.25) is 14.7 Å². The van der Waals surface area contributed by atoms with E-state index in [1.54, 1.807) is 33.0 Å². The van der Waals surface area contributed by atoms with Crippen molar-refractivity contribution in [2.75, 3.05) is 11.4 Å². The van der Waals surface area contributed by atoms with E-state index >= 15 is 0 Å². The normalized spacial score (nSPS) is 15.7. The van der Waals surface area contributed by atoms with Crippen molar-refractivity contribution < 1.29 is 28.4 Å². The number of hydrogen-bond donors (Lipinski definition) is 0. The predicted octanol–water partition coefficient (Wildman–Crippen LogP) is 2.94. The molecule has 9 heteroatoms. The molecule has 0 unspecified atom stereocenters. The van der Waals surface area contributed by atoms with Gasteiger partial charge in [-0.25, -0.2) is 4.79 Å². The number of amides is 1. The van der Waals surface area contributed by atoms with Gasteiger partial charge in [-0.15, -0.1) is 0 Å². The van der Waals surface area contributed by atoms with Crippen LogP contribution in [0.3, 0.4) is 0 Å². The van der Waals surface area contributed by atoms with Crippen LogP contribution in [-0.4, -0.2) is 41.9 Å². The molecule has 158 valence electrons. The highest BCUT2D eigenvalue weighted by molar-refractivity contribution is 6.62. The SMILES string of the molecule is C=C1OB(c2cnc(COC(C)=O)c(N(CC)C(=O)OC(C)(C)C)c2)OC1(C)C. The Bertz CT molecular complexity index is 803. The van der Waals surface area contributed by atoms with Crippen molar-refractivity contribution in [3.63, 3.8) is 0 Å². The molecular weight excluding hydrogens is 375 g/mol. The number of ether oxygens (including phenoxy) is 2. The first kappa shape index (κ1) is 22.7. The van der Waals surface area contributed by atoms with Gasteiger partial charge in [-0.05, 0) is 47.6 Å². The van der Waals surface area contributed by atoms with Gasteiger partial charge in [0.25, 0.3) is 0 Å². The van der Waals surface area contributed by atoms with Gasteiger partial charge in [-0.2, -0.15) is 0 Å². The summed E-state index contributed by atoms with van der Waals surface area (Å²) >= 11 is 0. The highest BCUT2D eigenvalue weighted by Gasteiger charge is 2.43. The number of rotatable bonds is 5. The van der Waals surface area contributed by atoms with Crippen molar-refractivity contribution in [2.24, 2.45) is 0 Å². The molecule has 1 aliphatic heterocycles. The zero-order valence-corrected chi connectivity index (χ0v) is 18.2. The van der Waals surface area contributed by atoms with Gasteiger partial charge in [0.2, 0.25) is 0 Å². The van der Waals surface area contributed by atoms with Crippen LogP contribution in [0.15, 0.2) is 24.6 Å². The molecule has 29 heavy (non-hydrogen) atoms. The fourth-order valence-corrected chi connectivity index (χ4v) is 2.62. The molecule has 0 spiro atoms. The van der Waals surface area contributed by atoms with Crippen LogP contribution >= 0.6 is 0 Å². The molecular formula is C20H29BN2O6. The number of pyridine rings is 1. The van der Waals surface area contributed by atoms with Crippen LogP contribution in [0, 0.1) is 0 Å². The van der Waals surface area contributed by atoms with Crippen molar-refractivity contribution in [1.29, 1.82) is 0 Å². The minimum atomic E-state index is -0.705. The number of nitrogens with zero attached hydrogens (tertiary/aromatic N) is 2. The Morgan fingerprint density at radius 3 is 2.48 bits per heavy atom. The van der Waals surface area contributed by atoms with Gasteiger partial charge in [0.15, 0.2) is 0 Å². The average Bonchev–Trinajstić information content (AvgIpc) is 2.85. The van der Waals surface area contributed by atoms with E-state index in [2.05, 4.69) is 11.6 Å². The molecule has 1 aliphatic rings. The predicted molar refractivity (Wildman–Crippen MR) is 110 cm³/mol. The van der Waals surface area contributed by atoms with Gasteiger partial charge < -0.3 is 18.8 Å². The minimum Gasteiger partial charge on any atom is -0.534 e. The van der Waals surface area contributed by atoms with Gasteiger partial charge >= 0.3 is 19.2 Å². The van der Waals surface area contributed by atoms with Crippen molar-refractivity contribution >= 4 is 30.3 Å². The molecule has 2 rings (SSSR count). The Morgan fingerprint density at radius 1 is 1.34 bits per heavy atom. The number of anilines is 1. The summed E-state index contributed by atoms with van der Waals surface area (Å²) in [5.74, 6) is 0.0650. The highest BCUT2D eigenvalue weighted by Crippen LogP contribution is 2.30. The lowest BCUT2D eigenvalue weighted by Crippen LogP contribution is -2.40. The Morgan fingerprint density at radius 2 is 2.00 bits per heavy atom.